The Morgan fingerprint density at radius 1 is 1.08 bits per heavy atom. The van der Waals surface area contributed by atoms with Gasteiger partial charge in [-0.2, -0.15) is 0 Å². The van der Waals surface area contributed by atoms with Gasteiger partial charge in [0.1, 0.15) is 11.4 Å². The SMILES string of the molecule is O=C(Nc1cccc(Br)c1)c1cccn(Cc2ccccc2F)c1=O. The molecule has 0 unspecified atom stereocenters. The molecule has 1 heterocycles. The molecular formula is C19H14BrFN2O2. The molecule has 3 rings (SSSR count). The van der Waals surface area contributed by atoms with Gasteiger partial charge in [-0.3, -0.25) is 9.59 Å². The van der Waals surface area contributed by atoms with E-state index < -0.39 is 17.3 Å². The van der Waals surface area contributed by atoms with Crippen molar-refractivity contribution in [2.45, 2.75) is 6.54 Å². The topological polar surface area (TPSA) is 51.1 Å². The lowest BCUT2D eigenvalue weighted by Gasteiger charge is -2.10. The molecule has 6 heteroatoms. The van der Waals surface area contributed by atoms with Crippen LogP contribution in [-0.4, -0.2) is 10.5 Å². The standard InChI is InChI=1S/C19H14BrFN2O2/c20-14-6-3-7-15(11-14)22-18(24)16-8-4-10-23(19(16)25)12-13-5-1-2-9-17(13)21/h1-11H,12H2,(H,22,24). The van der Waals surface area contributed by atoms with Crippen LogP contribution in [0.2, 0.25) is 0 Å². The molecule has 0 bridgehead atoms. The summed E-state index contributed by atoms with van der Waals surface area (Å²) in [6, 6.07) is 16.4. The number of halogens is 2. The monoisotopic (exact) mass is 400 g/mol. The van der Waals surface area contributed by atoms with E-state index in [9.17, 15) is 14.0 Å². The first-order valence-electron chi connectivity index (χ1n) is 7.54. The molecule has 0 saturated heterocycles. The van der Waals surface area contributed by atoms with Gasteiger partial charge in [-0.25, -0.2) is 4.39 Å². The molecule has 4 nitrogen and oxygen atoms in total. The lowest BCUT2D eigenvalue weighted by molar-refractivity contribution is 0.102. The van der Waals surface area contributed by atoms with E-state index in [1.165, 1.54) is 22.9 Å². The predicted octanol–water partition coefficient (Wildman–Crippen LogP) is 4.05. The molecule has 0 aliphatic heterocycles. The quantitative estimate of drug-likeness (QED) is 0.717. The van der Waals surface area contributed by atoms with Crippen molar-refractivity contribution in [3.8, 4) is 0 Å². The predicted molar refractivity (Wildman–Crippen MR) is 98.3 cm³/mol. The second-order valence-corrected chi connectivity index (χ2v) is 6.33. The Balaban J connectivity index is 1.87. The lowest BCUT2D eigenvalue weighted by Crippen LogP contribution is -2.29. The summed E-state index contributed by atoms with van der Waals surface area (Å²) in [5.74, 6) is -0.899. The number of hydrogen-bond donors (Lipinski definition) is 1. The summed E-state index contributed by atoms with van der Waals surface area (Å²) in [4.78, 5) is 25.0. The second kappa shape index (κ2) is 7.44. The molecule has 0 saturated carbocycles. The largest absolute Gasteiger partial charge is 0.322 e. The van der Waals surface area contributed by atoms with Gasteiger partial charge < -0.3 is 9.88 Å². The number of aromatic nitrogens is 1. The number of amides is 1. The maximum absolute atomic E-state index is 13.8. The van der Waals surface area contributed by atoms with Crippen LogP contribution in [0.4, 0.5) is 10.1 Å². The first kappa shape index (κ1) is 17.1. The van der Waals surface area contributed by atoms with E-state index in [0.717, 1.165) is 4.47 Å². The van der Waals surface area contributed by atoms with Gasteiger partial charge in [-0.05, 0) is 36.4 Å². The van der Waals surface area contributed by atoms with Crippen molar-refractivity contribution in [3.05, 3.63) is 98.6 Å². The number of nitrogens with one attached hydrogen (secondary N) is 1. The van der Waals surface area contributed by atoms with Crippen LogP contribution < -0.4 is 10.9 Å². The molecule has 0 aliphatic rings. The van der Waals surface area contributed by atoms with Crippen molar-refractivity contribution in [2.75, 3.05) is 5.32 Å². The van der Waals surface area contributed by atoms with Crippen molar-refractivity contribution in [3.63, 3.8) is 0 Å². The summed E-state index contributed by atoms with van der Waals surface area (Å²) >= 11 is 3.33. The molecule has 25 heavy (non-hydrogen) atoms. The Labute approximate surface area is 152 Å². The van der Waals surface area contributed by atoms with Gasteiger partial charge in [0.25, 0.3) is 11.5 Å². The summed E-state index contributed by atoms with van der Waals surface area (Å²) in [6.07, 6.45) is 1.53. The van der Waals surface area contributed by atoms with Crippen molar-refractivity contribution >= 4 is 27.5 Å². The van der Waals surface area contributed by atoms with E-state index in [4.69, 9.17) is 0 Å². The smallest absolute Gasteiger partial charge is 0.263 e. The fourth-order valence-electron chi connectivity index (χ4n) is 2.41. The van der Waals surface area contributed by atoms with E-state index in [-0.39, 0.29) is 12.1 Å². The van der Waals surface area contributed by atoms with Crippen LogP contribution in [0.3, 0.4) is 0 Å². The van der Waals surface area contributed by atoms with Crippen LogP contribution in [-0.2, 0) is 6.54 Å². The van der Waals surface area contributed by atoms with Gasteiger partial charge in [0, 0.05) is 21.9 Å². The molecule has 0 aliphatic carbocycles. The molecule has 0 spiro atoms. The van der Waals surface area contributed by atoms with Crippen molar-refractivity contribution in [1.29, 1.82) is 0 Å². The number of nitrogens with zero attached hydrogens (tertiary/aromatic N) is 1. The van der Waals surface area contributed by atoms with Crippen LogP contribution >= 0.6 is 15.9 Å². The highest BCUT2D eigenvalue weighted by Crippen LogP contribution is 2.16. The summed E-state index contributed by atoms with van der Waals surface area (Å²) in [6.45, 7) is 0.0590. The Kier molecular flexibility index (Phi) is 5.09. The molecule has 126 valence electrons. The molecule has 3 aromatic rings. The van der Waals surface area contributed by atoms with Crippen LogP contribution in [0.25, 0.3) is 0 Å². The minimum absolute atomic E-state index is 0.00110. The zero-order chi connectivity index (χ0) is 17.8. The number of anilines is 1. The molecule has 0 atom stereocenters. The average molecular weight is 401 g/mol. The maximum atomic E-state index is 13.8. The molecule has 1 aromatic heterocycles. The number of benzene rings is 2. The van der Waals surface area contributed by atoms with Crippen molar-refractivity contribution in [2.24, 2.45) is 0 Å². The molecule has 0 fully saturated rings. The Morgan fingerprint density at radius 2 is 1.88 bits per heavy atom. The van der Waals surface area contributed by atoms with E-state index in [1.54, 1.807) is 42.5 Å². The fourth-order valence-corrected chi connectivity index (χ4v) is 2.81. The highest BCUT2D eigenvalue weighted by atomic mass is 79.9. The molecule has 1 N–H and O–H groups in total. The maximum Gasteiger partial charge on any atom is 0.263 e. The number of rotatable bonds is 4. The number of carbonyl (C=O) groups is 1. The van der Waals surface area contributed by atoms with Gasteiger partial charge in [0.05, 0.1) is 6.54 Å². The highest BCUT2D eigenvalue weighted by molar-refractivity contribution is 9.10. The second-order valence-electron chi connectivity index (χ2n) is 5.41. The van der Waals surface area contributed by atoms with E-state index in [1.807, 2.05) is 6.07 Å². The lowest BCUT2D eigenvalue weighted by atomic mass is 10.2. The third kappa shape index (κ3) is 4.03. The Morgan fingerprint density at radius 3 is 2.64 bits per heavy atom. The first-order valence-corrected chi connectivity index (χ1v) is 8.33. The number of carbonyl (C=O) groups excluding carboxylic acids is 1. The first-order chi connectivity index (χ1) is 12.0. The van der Waals surface area contributed by atoms with Crippen molar-refractivity contribution < 1.29 is 9.18 Å². The van der Waals surface area contributed by atoms with Gasteiger partial charge in [-0.15, -0.1) is 0 Å². The third-order valence-corrected chi connectivity index (χ3v) is 4.14. The molecule has 0 radical (unpaired) electrons. The van der Waals surface area contributed by atoms with Gasteiger partial charge in [-0.1, -0.05) is 40.2 Å². The number of hydrogen-bond acceptors (Lipinski definition) is 2. The molecule has 1 amide bonds. The molecular weight excluding hydrogens is 387 g/mol. The van der Waals surface area contributed by atoms with E-state index in [2.05, 4.69) is 21.2 Å². The van der Waals surface area contributed by atoms with Gasteiger partial charge in [0.2, 0.25) is 0 Å². The Hall–Kier alpha value is -2.73. The average Bonchev–Trinajstić information content (AvgIpc) is 2.58. The number of pyridine rings is 1. The summed E-state index contributed by atoms with van der Waals surface area (Å²) in [7, 11) is 0. The summed E-state index contributed by atoms with van der Waals surface area (Å²) in [5.41, 5.74) is 0.481. The van der Waals surface area contributed by atoms with Crippen LogP contribution in [0.1, 0.15) is 15.9 Å². The van der Waals surface area contributed by atoms with Crippen LogP contribution in [0.5, 0.6) is 0 Å². The van der Waals surface area contributed by atoms with E-state index in [0.29, 0.717) is 11.3 Å². The Bertz CT molecular complexity index is 985. The van der Waals surface area contributed by atoms with Crippen molar-refractivity contribution in [1.82, 2.24) is 4.57 Å². The van der Waals surface area contributed by atoms with Crippen LogP contribution in [0, 0.1) is 5.82 Å². The fraction of sp³-hybridized carbons (Fsp3) is 0.0526. The van der Waals surface area contributed by atoms with E-state index >= 15 is 0 Å². The minimum Gasteiger partial charge on any atom is -0.322 e. The summed E-state index contributed by atoms with van der Waals surface area (Å²) < 4.78 is 15.9. The van der Waals surface area contributed by atoms with Gasteiger partial charge >= 0.3 is 0 Å². The van der Waals surface area contributed by atoms with Gasteiger partial charge in [0.15, 0.2) is 0 Å². The zero-order valence-corrected chi connectivity index (χ0v) is 14.7. The third-order valence-electron chi connectivity index (χ3n) is 3.65. The minimum atomic E-state index is -0.508. The highest BCUT2D eigenvalue weighted by Gasteiger charge is 2.13. The van der Waals surface area contributed by atoms with Crippen LogP contribution in [0.15, 0.2) is 76.1 Å². The summed E-state index contributed by atoms with van der Waals surface area (Å²) in [5, 5.41) is 2.69. The normalized spacial score (nSPS) is 10.5. The molecule has 2 aromatic carbocycles. The zero-order valence-electron chi connectivity index (χ0n) is 13.1.